The minimum absolute atomic E-state index is 0.0779. The molecule has 0 rings (SSSR count). The first-order valence-corrected chi connectivity index (χ1v) is 30.3. The van der Waals surface area contributed by atoms with E-state index in [0.29, 0.717) is 19.3 Å². The Kier molecular flexibility index (Phi) is 56.3. The first-order chi connectivity index (χ1) is 34.5. The highest BCUT2D eigenvalue weighted by Crippen LogP contribution is 2.16. The summed E-state index contributed by atoms with van der Waals surface area (Å²) < 4.78 is 16.7. The number of hydrogen-bond donors (Lipinski definition) is 0. The number of ether oxygens (including phenoxy) is 3. The predicted octanol–water partition coefficient (Wildman–Crippen LogP) is 20.4. The van der Waals surface area contributed by atoms with Crippen molar-refractivity contribution in [2.24, 2.45) is 0 Å². The normalized spacial score (nSPS) is 12.4. The van der Waals surface area contributed by atoms with Crippen LogP contribution in [0.4, 0.5) is 0 Å². The quantitative estimate of drug-likeness (QED) is 0.0261. The average Bonchev–Trinajstić information content (AvgIpc) is 3.36. The van der Waals surface area contributed by atoms with Crippen LogP contribution in [-0.4, -0.2) is 37.2 Å². The van der Waals surface area contributed by atoms with Crippen molar-refractivity contribution in [2.75, 3.05) is 13.2 Å². The van der Waals surface area contributed by atoms with E-state index in [1.165, 1.54) is 167 Å². The zero-order valence-electron chi connectivity index (χ0n) is 46.5. The molecule has 0 saturated carbocycles. The Morgan fingerprint density at radius 3 is 0.814 bits per heavy atom. The number of rotatable bonds is 55. The molecule has 0 aromatic heterocycles. The van der Waals surface area contributed by atoms with Crippen molar-refractivity contribution in [2.45, 2.75) is 316 Å². The van der Waals surface area contributed by atoms with Crippen molar-refractivity contribution in [3.63, 3.8) is 0 Å². The topological polar surface area (TPSA) is 78.9 Å². The summed E-state index contributed by atoms with van der Waals surface area (Å²) >= 11 is 0. The average molecular weight is 980 g/mol. The third kappa shape index (κ3) is 56.0. The summed E-state index contributed by atoms with van der Waals surface area (Å²) in [6.45, 7) is 6.54. The molecule has 1 unspecified atom stereocenters. The highest BCUT2D eigenvalue weighted by atomic mass is 16.6. The van der Waals surface area contributed by atoms with Crippen LogP contribution in [0.1, 0.15) is 310 Å². The van der Waals surface area contributed by atoms with Crippen molar-refractivity contribution in [1.29, 1.82) is 0 Å². The molecule has 406 valence electrons. The molecule has 0 N–H and O–H groups in total. The molecule has 0 fully saturated rings. The first kappa shape index (κ1) is 67.1. The predicted molar refractivity (Wildman–Crippen MR) is 302 cm³/mol. The Balaban J connectivity index is 3.98. The van der Waals surface area contributed by atoms with Crippen molar-refractivity contribution in [3.05, 3.63) is 60.8 Å². The largest absolute Gasteiger partial charge is 0.462 e. The van der Waals surface area contributed by atoms with Crippen LogP contribution in [0, 0.1) is 0 Å². The van der Waals surface area contributed by atoms with Crippen LogP contribution in [-0.2, 0) is 28.6 Å². The minimum Gasteiger partial charge on any atom is -0.462 e. The zero-order valence-corrected chi connectivity index (χ0v) is 46.5. The molecule has 0 aromatic rings. The summed E-state index contributed by atoms with van der Waals surface area (Å²) in [6.07, 6.45) is 74.2. The lowest BCUT2D eigenvalue weighted by Crippen LogP contribution is -2.30. The van der Waals surface area contributed by atoms with E-state index in [9.17, 15) is 14.4 Å². The van der Waals surface area contributed by atoms with Gasteiger partial charge in [-0.25, -0.2) is 0 Å². The Morgan fingerprint density at radius 2 is 0.514 bits per heavy atom. The second-order valence-corrected chi connectivity index (χ2v) is 20.3. The van der Waals surface area contributed by atoms with Crippen LogP contribution < -0.4 is 0 Å². The fourth-order valence-corrected chi connectivity index (χ4v) is 8.66. The van der Waals surface area contributed by atoms with Gasteiger partial charge >= 0.3 is 17.9 Å². The fourth-order valence-electron chi connectivity index (χ4n) is 8.66. The molecular formula is C64H114O6. The summed E-state index contributed by atoms with van der Waals surface area (Å²) in [5.74, 6) is -0.896. The highest BCUT2D eigenvalue weighted by Gasteiger charge is 2.19. The van der Waals surface area contributed by atoms with E-state index in [0.717, 1.165) is 103 Å². The van der Waals surface area contributed by atoms with E-state index >= 15 is 0 Å². The van der Waals surface area contributed by atoms with Gasteiger partial charge < -0.3 is 14.2 Å². The Bertz CT molecular complexity index is 1260. The van der Waals surface area contributed by atoms with Crippen molar-refractivity contribution < 1.29 is 28.6 Å². The van der Waals surface area contributed by atoms with Gasteiger partial charge in [0.1, 0.15) is 13.2 Å². The number of unbranched alkanes of at least 4 members (excludes halogenated alkanes) is 34. The van der Waals surface area contributed by atoms with Crippen LogP contribution in [0.25, 0.3) is 0 Å². The molecule has 0 amide bonds. The summed E-state index contributed by atoms with van der Waals surface area (Å²) in [5, 5.41) is 0. The van der Waals surface area contributed by atoms with Crippen LogP contribution >= 0.6 is 0 Å². The third-order valence-corrected chi connectivity index (χ3v) is 13.2. The van der Waals surface area contributed by atoms with Gasteiger partial charge in [-0.3, -0.25) is 14.4 Å². The molecule has 1 atom stereocenters. The number of carbonyl (C=O) groups is 3. The lowest BCUT2D eigenvalue weighted by molar-refractivity contribution is -0.167. The van der Waals surface area contributed by atoms with E-state index in [1.54, 1.807) is 0 Å². The molecule has 6 heteroatoms. The Labute approximate surface area is 434 Å². The SMILES string of the molecule is CCCCCC/C=C\C/C=C\CCCCCCCC(=O)OC(COC(=O)CCCCCCC)COC(=O)CCCCCCCCCCCCCCCCCC/C=C\C/C=C\C/C=C\CCCCCCC. The van der Waals surface area contributed by atoms with Crippen molar-refractivity contribution >= 4 is 17.9 Å². The molecule has 0 aliphatic heterocycles. The maximum Gasteiger partial charge on any atom is 0.306 e. The van der Waals surface area contributed by atoms with Gasteiger partial charge in [0.15, 0.2) is 6.10 Å². The third-order valence-electron chi connectivity index (χ3n) is 13.2. The molecular weight excluding hydrogens is 865 g/mol. The monoisotopic (exact) mass is 979 g/mol. The van der Waals surface area contributed by atoms with E-state index in [2.05, 4.69) is 81.5 Å². The summed E-state index contributed by atoms with van der Waals surface area (Å²) in [6, 6.07) is 0. The van der Waals surface area contributed by atoms with Gasteiger partial charge in [0.2, 0.25) is 0 Å². The van der Waals surface area contributed by atoms with Gasteiger partial charge in [-0.15, -0.1) is 0 Å². The zero-order chi connectivity index (χ0) is 50.7. The maximum atomic E-state index is 12.8. The lowest BCUT2D eigenvalue weighted by atomic mass is 10.0. The fraction of sp³-hybridized carbons (Fsp3) is 0.797. The molecule has 0 aromatic carbocycles. The molecule has 0 heterocycles. The van der Waals surface area contributed by atoms with E-state index < -0.39 is 6.10 Å². The maximum absolute atomic E-state index is 12.8. The first-order valence-electron chi connectivity index (χ1n) is 30.3. The summed E-state index contributed by atoms with van der Waals surface area (Å²) in [7, 11) is 0. The number of esters is 3. The van der Waals surface area contributed by atoms with Crippen molar-refractivity contribution in [1.82, 2.24) is 0 Å². The molecule has 0 saturated heterocycles. The minimum atomic E-state index is -0.776. The number of hydrogen-bond acceptors (Lipinski definition) is 6. The molecule has 70 heavy (non-hydrogen) atoms. The van der Waals surface area contributed by atoms with Gasteiger partial charge in [0.25, 0.3) is 0 Å². The molecule has 0 radical (unpaired) electrons. The van der Waals surface area contributed by atoms with Crippen LogP contribution in [0.2, 0.25) is 0 Å². The Hall–Kier alpha value is -2.89. The van der Waals surface area contributed by atoms with Crippen LogP contribution in [0.15, 0.2) is 60.8 Å². The van der Waals surface area contributed by atoms with Gasteiger partial charge in [-0.05, 0) is 89.9 Å². The van der Waals surface area contributed by atoms with Crippen molar-refractivity contribution in [3.8, 4) is 0 Å². The number of allylic oxidation sites excluding steroid dienone is 10. The van der Waals surface area contributed by atoms with E-state index in [1.807, 2.05) is 0 Å². The van der Waals surface area contributed by atoms with Gasteiger partial charge in [-0.2, -0.15) is 0 Å². The Morgan fingerprint density at radius 1 is 0.286 bits per heavy atom. The molecule has 0 aliphatic carbocycles. The summed E-state index contributed by atoms with van der Waals surface area (Å²) in [4.78, 5) is 37.8. The van der Waals surface area contributed by atoms with E-state index in [4.69, 9.17) is 14.2 Å². The van der Waals surface area contributed by atoms with Gasteiger partial charge in [0, 0.05) is 19.3 Å². The number of carbonyl (C=O) groups excluding carboxylic acids is 3. The molecule has 0 spiro atoms. The van der Waals surface area contributed by atoms with E-state index in [-0.39, 0.29) is 31.1 Å². The van der Waals surface area contributed by atoms with Crippen LogP contribution in [0.5, 0.6) is 0 Å². The molecule has 0 aliphatic rings. The van der Waals surface area contributed by atoms with Crippen LogP contribution in [0.3, 0.4) is 0 Å². The van der Waals surface area contributed by atoms with Gasteiger partial charge in [0.05, 0.1) is 0 Å². The smallest absolute Gasteiger partial charge is 0.306 e. The highest BCUT2D eigenvalue weighted by molar-refractivity contribution is 5.71. The second-order valence-electron chi connectivity index (χ2n) is 20.3. The second kappa shape index (κ2) is 58.7. The van der Waals surface area contributed by atoms with Gasteiger partial charge in [-0.1, -0.05) is 261 Å². The summed E-state index contributed by atoms with van der Waals surface area (Å²) in [5.41, 5.74) is 0. The lowest BCUT2D eigenvalue weighted by Gasteiger charge is -2.18. The molecule has 0 bridgehead atoms. The standard InChI is InChI=1S/C64H114O6/c1-4-7-10-13-15-17-19-21-23-25-26-27-28-29-30-31-32-33-34-35-36-37-38-39-41-42-44-46-48-51-54-57-63(66)69-60-61(59-68-62(65)56-53-50-12-9-6-3)70-64(67)58-55-52-49-47-45-43-40-24-22-20-18-16-14-11-8-5-2/h18-21,24-26,28-29,40,61H,4-17,22-23,27,30-39,41-60H2,1-3H3/b20-18-,21-19-,26-25-,29-28-,40-24-. The molecule has 6 nitrogen and oxygen atoms in total.